The highest BCUT2D eigenvalue weighted by Gasteiger charge is 2.33. The molecule has 1 fully saturated rings. The number of nitrogens with one attached hydrogen (secondary N) is 1. The number of ether oxygens (including phenoxy) is 1. The van der Waals surface area contributed by atoms with Gasteiger partial charge in [0.25, 0.3) is 0 Å². The molecule has 0 spiro atoms. The fraction of sp³-hybridized carbons (Fsp3) is 1.00. The van der Waals surface area contributed by atoms with Gasteiger partial charge in [0.05, 0.1) is 6.61 Å². The van der Waals surface area contributed by atoms with E-state index in [9.17, 15) is 0 Å². The van der Waals surface area contributed by atoms with Gasteiger partial charge in [-0.15, -0.1) is 0 Å². The minimum absolute atomic E-state index is 0.334. The summed E-state index contributed by atoms with van der Waals surface area (Å²) < 4.78 is 5.26. The first-order chi connectivity index (χ1) is 6.45. The molecule has 84 valence electrons. The summed E-state index contributed by atoms with van der Waals surface area (Å²) in [5.41, 5.74) is 0.334. The summed E-state index contributed by atoms with van der Waals surface area (Å²) in [6, 6.07) is 1.11. The molecular formula is C12H25NO. The van der Waals surface area contributed by atoms with Crippen molar-refractivity contribution in [2.24, 2.45) is 11.3 Å². The van der Waals surface area contributed by atoms with Crippen molar-refractivity contribution < 1.29 is 4.74 Å². The summed E-state index contributed by atoms with van der Waals surface area (Å²) >= 11 is 0. The third-order valence-electron chi connectivity index (χ3n) is 3.30. The average Bonchev–Trinajstić information content (AvgIpc) is 2.83. The van der Waals surface area contributed by atoms with Crippen molar-refractivity contribution in [1.82, 2.24) is 5.32 Å². The molecule has 0 bridgehead atoms. The molecule has 0 aliphatic heterocycles. The van der Waals surface area contributed by atoms with Crippen LogP contribution in [0, 0.1) is 11.3 Å². The monoisotopic (exact) mass is 199 g/mol. The molecule has 0 radical (unpaired) electrons. The average molecular weight is 199 g/mol. The van der Waals surface area contributed by atoms with E-state index < -0.39 is 0 Å². The Bertz CT molecular complexity index is 170. The first kappa shape index (κ1) is 12.0. The third-order valence-corrected chi connectivity index (χ3v) is 3.30. The van der Waals surface area contributed by atoms with Gasteiger partial charge in [0.2, 0.25) is 0 Å². The molecule has 0 aromatic heterocycles. The van der Waals surface area contributed by atoms with Gasteiger partial charge in [-0.3, -0.25) is 0 Å². The van der Waals surface area contributed by atoms with Crippen molar-refractivity contribution in [1.29, 1.82) is 0 Å². The minimum atomic E-state index is 0.334. The lowest BCUT2D eigenvalue weighted by Crippen LogP contribution is -2.46. The SMILES string of the molecule is COCC(NC(C)C(C)(C)C)C1CC1. The Morgan fingerprint density at radius 1 is 1.36 bits per heavy atom. The molecule has 1 aliphatic rings. The normalized spacial score (nSPS) is 22.1. The van der Waals surface area contributed by atoms with E-state index in [2.05, 4.69) is 33.0 Å². The smallest absolute Gasteiger partial charge is 0.0618 e. The highest BCUT2D eigenvalue weighted by molar-refractivity contribution is 4.90. The third kappa shape index (κ3) is 3.58. The van der Waals surface area contributed by atoms with Crippen molar-refractivity contribution in [3.05, 3.63) is 0 Å². The van der Waals surface area contributed by atoms with E-state index in [-0.39, 0.29) is 0 Å². The summed E-state index contributed by atoms with van der Waals surface area (Å²) in [5.74, 6) is 0.861. The molecule has 0 amide bonds. The van der Waals surface area contributed by atoms with Crippen LogP contribution in [0.25, 0.3) is 0 Å². The second kappa shape index (κ2) is 4.63. The zero-order chi connectivity index (χ0) is 10.8. The molecule has 1 saturated carbocycles. The van der Waals surface area contributed by atoms with Gasteiger partial charge in [-0.05, 0) is 31.1 Å². The van der Waals surface area contributed by atoms with Gasteiger partial charge in [0.15, 0.2) is 0 Å². The standard InChI is InChI=1S/C12H25NO/c1-9(12(2,3)4)13-11(8-14-5)10-6-7-10/h9-11,13H,6-8H2,1-5H3. The van der Waals surface area contributed by atoms with E-state index in [0.29, 0.717) is 17.5 Å². The van der Waals surface area contributed by atoms with Crippen LogP contribution < -0.4 is 5.32 Å². The summed E-state index contributed by atoms with van der Waals surface area (Å²) in [5, 5.41) is 3.69. The summed E-state index contributed by atoms with van der Waals surface area (Å²) in [6.07, 6.45) is 2.75. The van der Waals surface area contributed by atoms with Crippen LogP contribution in [-0.4, -0.2) is 25.8 Å². The van der Waals surface area contributed by atoms with Gasteiger partial charge in [0.1, 0.15) is 0 Å². The van der Waals surface area contributed by atoms with Crippen molar-refractivity contribution in [2.75, 3.05) is 13.7 Å². The second-order valence-electron chi connectivity index (χ2n) is 5.65. The maximum Gasteiger partial charge on any atom is 0.0618 e. The number of methoxy groups -OCH3 is 1. The quantitative estimate of drug-likeness (QED) is 0.734. The first-order valence-electron chi connectivity index (χ1n) is 5.70. The predicted octanol–water partition coefficient (Wildman–Crippen LogP) is 2.44. The Balaban J connectivity index is 2.38. The van der Waals surface area contributed by atoms with Crippen LogP contribution >= 0.6 is 0 Å². The Morgan fingerprint density at radius 2 is 1.93 bits per heavy atom. The molecule has 0 heterocycles. The highest BCUT2D eigenvalue weighted by atomic mass is 16.5. The molecule has 14 heavy (non-hydrogen) atoms. The van der Waals surface area contributed by atoms with Crippen LogP contribution in [0.2, 0.25) is 0 Å². The second-order valence-corrected chi connectivity index (χ2v) is 5.65. The topological polar surface area (TPSA) is 21.3 Å². The maximum atomic E-state index is 5.26. The van der Waals surface area contributed by atoms with E-state index in [4.69, 9.17) is 4.74 Å². The number of hydrogen-bond donors (Lipinski definition) is 1. The lowest BCUT2D eigenvalue weighted by atomic mass is 9.87. The van der Waals surface area contributed by atoms with Crippen LogP contribution in [0.3, 0.4) is 0 Å². The molecule has 2 atom stereocenters. The van der Waals surface area contributed by atoms with Gasteiger partial charge in [-0.25, -0.2) is 0 Å². The van der Waals surface area contributed by atoms with Crippen LogP contribution in [0.1, 0.15) is 40.5 Å². The molecule has 1 rings (SSSR count). The molecule has 1 N–H and O–H groups in total. The van der Waals surface area contributed by atoms with Gasteiger partial charge >= 0.3 is 0 Å². The molecule has 2 unspecified atom stereocenters. The first-order valence-corrected chi connectivity index (χ1v) is 5.70. The van der Waals surface area contributed by atoms with Crippen molar-refractivity contribution in [3.8, 4) is 0 Å². The summed E-state index contributed by atoms with van der Waals surface area (Å²) in [4.78, 5) is 0. The van der Waals surface area contributed by atoms with Crippen LogP contribution in [0.4, 0.5) is 0 Å². The Kier molecular flexibility index (Phi) is 3.96. The fourth-order valence-corrected chi connectivity index (χ4v) is 1.57. The predicted molar refractivity (Wildman–Crippen MR) is 60.4 cm³/mol. The van der Waals surface area contributed by atoms with E-state index in [1.165, 1.54) is 12.8 Å². The summed E-state index contributed by atoms with van der Waals surface area (Å²) in [7, 11) is 1.79. The van der Waals surface area contributed by atoms with E-state index in [1.807, 2.05) is 0 Å². The van der Waals surface area contributed by atoms with E-state index in [0.717, 1.165) is 12.5 Å². The van der Waals surface area contributed by atoms with E-state index >= 15 is 0 Å². The number of rotatable bonds is 5. The zero-order valence-corrected chi connectivity index (χ0v) is 10.3. The van der Waals surface area contributed by atoms with Crippen molar-refractivity contribution in [3.63, 3.8) is 0 Å². The lowest BCUT2D eigenvalue weighted by Gasteiger charge is -2.32. The largest absolute Gasteiger partial charge is 0.383 e. The molecule has 0 aromatic rings. The van der Waals surface area contributed by atoms with Crippen molar-refractivity contribution in [2.45, 2.75) is 52.6 Å². The highest BCUT2D eigenvalue weighted by Crippen LogP contribution is 2.33. The summed E-state index contributed by atoms with van der Waals surface area (Å²) in [6.45, 7) is 9.96. The Morgan fingerprint density at radius 3 is 2.29 bits per heavy atom. The van der Waals surface area contributed by atoms with Crippen LogP contribution in [0.15, 0.2) is 0 Å². The van der Waals surface area contributed by atoms with Crippen molar-refractivity contribution >= 4 is 0 Å². The Hall–Kier alpha value is -0.0800. The maximum absolute atomic E-state index is 5.26. The molecule has 2 nitrogen and oxygen atoms in total. The van der Waals surface area contributed by atoms with Crippen LogP contribution in [-0.2, 0) is 4.74 Å². The number of hydrogen-bond acceptors (Lipinski definition) is 2. The minimum Gasteiger partial charge on any atom is -0.383 e. The molecule has 0 saturated heterocycles. The van der Waals surface area contributed by atoms with Crippen LogP contribution in [0.5, 0.6) is 0 Å². The van der Waals surface area contributed by atoms with E-state index in [1.54, 1.807) is 7.11 Å². The molecular weight excluding hydrogens is 174 g/mol. The lowest BCUT2D eigenvalue weighted by molar-refractivity contribution is 0.137. The van der Waals surface area contributed by atoms with Gasteiger partial charge in [0, 0.05) is 19.2 Å². The zero-order valence-electron chi connectivity index (χ0n) is 10.3. The fourth-order valence-electron chi connectivity index (χ4n) is 1.57. The molecule has 1 aliphatic carbocycles. The van der Waals surface area contributed by atoms with Gasteiger partial charge < -0.3 is 10.1 Å². The molecule has 2 heteroatoms. The van der Waals surface area contributed by atoms with Gasteiger partial charge in [-0.1, -0.05) is 20.8 Å². The Labute approximate surface area is 88.4 Å². The van der Waals surface area contributed by atoms with Gasteiger partial charge in [-0.2, -0.15) is 0 Å². The molecule has 0 aromatic carbocycles.